The molecule has 1 N–H and O–H groups in total. The Morgan fingerprint density at radius 2 is 1.91 bits per heavy atom. The number of nitrogens with one attached hydrogen (secondary N) is 1. The minimum Gasteiger partial charge on any atom is -0.351 e. The number of fused-ring (bicyclic) bond motifs is 1. The molecule has 0 unspecified atom stereocenters. The lowest BCUT2D eigenvalue weighted by atomic mass is 10.2. The summed E-state index contributed by atoms with van der Waals surface area (Å²) in [6.45, 7) is 0.844. The van der Waals surface area contributed by atoms with Crippen molar-refractivity contribution < 1.29 is 22.4 Å². The van der Waals surface area contributed by atoms with Crippen molar-refractivity contribution in [2.75, 3.05) is 6.54 Å². The molecule has 0 saturated carbocycles. The monoisotopic (exact) mass is 453 g/mol. The van der Waals surface area contributed by atoms with E-state index in [1.807, 2.05) is 0 Å². The minimum absolute atomic E-state index is 0.00811. The van der Waals surface area contributed by atoms with Gasteiger partial charge in [-0.1, -0.05) is 5.21 Å². The Morgan fingerprint density at radius 3 is 2.59 bits per heavy atom. The average molecular weight is 453 g/mol. The van der Waals surface area contributed by atoms with Gasteiger partial charge in [0.25, 0.3) is 5.91 Å². The maximum absolute atomic E-state index is 13.6. The van der Waals surface area contributed by atoms with Gasteiger partial charge in [-0.25, -0.2) is 18.5 Å². The van der Waals surface area contributed by atoms with Crippen molar-refractivity contribution in [3.8, 4) is 5.69 Å². The van der Waals surface area contributed by atoms with Crippen LogP contribution in [0.5, 0.6) is 0 Å². The van der Waals surface area contributed by atoms with Crippen LogP contribution in [0.4, 0.5) is 17.6 Å². The zero-order chi connectivity index (χ0) is 22.9. The molecular formula is C19H19F4N7O2. The fourth-order valence-electron chi connectivity index (χ4n) is 3.56. The number of benzene rings is 1. The number of halogens is 4. The number of hydrogen-bond acceptors (Lipinski definition) is 5. The van der Waals surface area contributed by atoms with E-state index in [-0.39, 0.29) is 30.9 Å². The summed E-state index contributed by atoms with van der Waals surface area (Å²) in [5.41, 5.74) is -2.57. The van der Waals surface area contributed by atoms with Crippen molar-refractivity contribution >= 4 is 5.91 Å². The Balaban J connectivity index is 1.44. The smallest absolute Gasteiger partial charge is 0.351 e. The molecule has 0 bridgehead atoms. The second kappa shape index (κ2) is 8.55. The standard InChI is InChI=1S/C19H19F4N7O2/c20-12-5-7-13(8-6-12)30-16(19(21,22)23)15(25-27-30)17(31)24-9-3-11-29-18(32)28-10-2-1-4-14(28)26-29/h5-8H,1-4,9-11H2,(H,24,31). The van der Waals surface area contributed by atoms with Crippen molar-refractivity contribution in [2.24, 2.45) is 0 Å². The van der Waals surface area contributed by atoms with E-state index in [0.717, 1.165) is 49.4 Å². The van der Waals surface area contributed by atoms with Crippen molar-refractivity contribution in [1.82, 2.24) is 34.7 Å². The molecule has 32 heavy (non-hydrogen) atoms. The molecule has 0 atom stereocenters. The summed E-state index contributed by atoms with van der Waals surface area (Å²) >= 11 is 0. The molecule has 4 rings (SSSR count). The maximum Gasteiger partial charge on any atom is 0.435 e. The van der Waals surface area contributed by atoms with Gasteiger partial charge in [-0.2, -0.15) is 18.3 Å². The first-order valence-electron chi connectivity index (χ1n) is 9.99. The highest BCUT2D eigenvalue weighted by molar-refractivity contribution is 5.93. The SMILES string of the molecule is O=C(NCCCn1nc2n(c1=O)CCCC2)c1nnn(-c2ccc(F)cc2)c1C(F)(F)F. The van der Waals surface area contributed by atoms with E-state index in [0.29, 0.717) is 11.2 Å². The second-order valence-electron chi connectivity index (χ2n) is 7.31. The van der Waals surface area contributed by atoms with E-state index < -0.39 is 29.3 Å². The second-order valence-corrected chi connectivity index (χ2v) is 7.31. The molecule has 1 aromatic carbocycles. The quantitative estimate of drug-likeness (QED) is 0.454. The molecule has 0 aliphatic carbocycles. The molecule has 0 fully saturated rings. The van der Waals surface area contributed by atoms with Crippen LogP contribution in [0, 0.1) is 5.82 Å². The van der Waals surface area contributed by atoms with E-state index in [2.05, 4.69) is 20.7 Å². The molecule has 1 aliphatic rings. The van der Waals surface area contributed by atoms with Crippen LogP contribution in [-0.4, -0.2) is 41.8 Å². The van der Waals surface area contributed by atoms with Crippen molar-refractivity contribution in [3.63, 3.8) is 0 Å². The highest BCUT2D eigenvalue weighted by Gasteiger charge is 2.42. The summed E-state index contributed by atoms with van der Waals surface area (Å²) in [5, 5.41) is 13.5. The number of alkyl halides is 3. The predicted molar refractivity (Wildman–Crippen MR) is 103 cm³/mol. The van der Waals surface area contributed by atoms with Gasteiger partial charge in [0.15, 0.2) is 11.4 Å². The highest BCUT2D eigenvalue weighted by Crippen LogP contribution is 2.32. The summed E-state index contributed by atoms with van der Waals surface area (Å²) < 4.78 is 57.4. The summed E-state index contributed by atoms with van der Waals surface area (Å²) in [7, 11) is 0. The van der Waals surface area contributed by atoms with E-state index in [1.54, 1.807) is 4.57 Å². The van der Waals surface area contributed by atoms with Gasteiger partial charge in [0, 0.05) is 26.1 Å². The van der Waals surface area contributed by atoms with Crippen LogP contribution < -0.4 is 11.0 Å². The number of aromatic nitrogens is 6. The van der Waals surface area contributed by atoms with E-state index in [9.17, 15) is 27.2 Å². The van der Waals surface area contributed by atoms with Gasteiger partial charge in [0.05, 0.1) is 5.69 Å². The molecule has 9 nitrogen and oxygen atoms in total. The number of nitrogens with zero attached hydrogens (tertiary/aromatic N) is 6. The molecule has 0 spiro atoms. The largest absolute Gasteiger partial charge is 0.435 e. The topological polar surface area (TPSA) is 99.6 Å². The van der Waals surface area contributed by atoms with Crippen molar-refractivity contribution in [2.45, 2.75) is 44.9 Å². The summed E-state index contributed by atoms with van der Waals surface area (Å²) in [6, 6.07) is 4.16. The molecule has 0 saturated heterocycles. The van der Waals surface area contributed by atoms with Crippen LogP contribution in [0.2, 0.25) is 0 Å². The summed E-state index contributed by atoms with van der Waals surface area (Å²) in [4.78, 5) is 24.7. The first kappa shape index (κ1) is 21.7. The Kier molecular flexibility index (Phi) is 5.80. The van der Waals surface area contributed by atoms with Crippen LogP contribution in [0.3, 0.4) is 0 Å². The fraction of sp³-hybridized carbons (Fsp3) is 0.421. The lowest BCUT2D eigenvalue weighted by Gasteiger charge is -2.11. The number of rotatable bonds is 6. The molecule has 1 aliphatic heterocycles. The van der Waals surface area contributed by atoms with E-state index in [1.165, 1.54) is 4.68 Å². The van der Waals surface area contributed by atoms with Gasteiger partial charge in [0.2, 0.25) is 0 Å². The highest BCUT2D eigenvalue weighted by atomic mass is 19.4. The molecule has 0 radical (unpaired) electrons. The molecule has 170 valence electrons. The molecular weight excluding hydrogens is 434 g/mol. The third-order valence-corrected chi connectivity index (χ3v) is 5.09. The zero-order valence-corrected chi connectivity index (χ0v) is 16.8. The number of aryl methyl sites for hydroxylation is 2. The van der Waals surface area contributed by atoms with E-state index >= 15 is 0 Å². The fourth-order valence-corrected chi connectivity index (χ4v) is 3.56. The Bertz CT molecular complexity index is 1180. The first-order valence-corrected chi connectivity index (χ1v) is 9.99. The van der Waals surface area contributed by atoms with Gasteiger partial charge >= 0.3 is 11.9 Å². The summed E-state index contributed by atoms with van der Waals surface area (Å²) in [6.07, 6.45) is -2.03. The third kappa shape index (κ3) is 4.27. The lowest BCUT2D eigenvalue weighted by Crippen LogP contribution is -2.30. The maximum atomic E-state index is 13.6. The summed E-state index contributed by atoms with van der Waals surface area (Å²) in [5.74, 6) is -0.960. The zero-order valence-electron chi connectivity index (χ0n) is 16.8. The Labute approximate surface area is 178 Å². The van der Waals surface area contributed by atoms with Crippen molar-refractivity contribution in [3.05, 3.63) is 57.8 Å². The van der Waals surface area contributed by atoms with Gasteiger partial charge in [-0.05, 0) is 43.5 Å². The Hall–Kier alpha value is -3.51. The normalized spacial score (nSPS) is 13.8. The van der Waals surface area contributed by atoms with Gasteiger partial charge in [0.1, 0.15) is 11.6 Å². The molecule has 1 amide bonds. The van der Waals surface area contributed by atoms with Gasteiger partial charge < -0.3 is 5.32 Å². The number of hydrogen-bond donors (Lipinski definition) is 1. The average Bonchev–Trinajstić information content (AvgIpc) is 3.34. The third-order valence-electron chi connectivity index (χ3n) is 5.09. The van der Waals surface area contributed by atoms with Crippen LogP contribution in [0.25, 0.3) is 5.69 Å². The van der Waals surface area contributed by atoms with Crippen LogP contribution in [-0.2, 0) is 25.7 Å². The molecule has 3 aromatic rings. The molecule has 13 heteroatoms. The van der Waals surface area contributed by atoms with Crippen LogP contribution in [0.15, 0.2) is 29.1 Å². The van der Waals surface area contributed by atoms with Crippen molar-refractivity contribution in [1.29, 1.82) is 0 Å². The van der Waals surface area contributed by atoms with E-state index in [4.69, 9.17) is 0 Å². The number of carbonyl (C=O) groups is 1. The number of amides is 1. The Morgan fingerprint density at radius 1 is 1.16 bits per heavy atom. The molecule has 3 heterocycles. The molecule has 2 aromatic heterocycles. The van der Waals surface area contributed by atoms with Crippen LogP contribution in [0.1, 0.15) is 41.3 Å². The van der Waals surface area contributed by atoms with Gasteiger partial charge in [-0.3, -0.25) is 9.36 Å². The minimum atomic E-state index is -4.92. The lowest BCUT2D eigenvalue weighted by molar-refractivity contribution is -0.143. The predicted octanol–water partition coefficient (Wildman–Crippen LogP) is 1.94. The van der Waals surface area contributed by atoms with Crippen LogP contribution >= 0.6 is 0 Å². The van der Waals surface area contributed by atoms with Gasteiger partial charge in [-0.15, -0.1) is 5.10 Å². The first-order chi connectivity index (χ1) is 15.3. The number of carbonyl (C=O) groups excluding carboxylic acids is 1.